The Balaban J connectivity index is 1.44. The number of carboxylic acids is 1. The molecule has 1 aromatic heterocycles. The van der Waals surface area contributed by atoms with Crippen molar-refractivity contribution in [2.24, 2.45) is 29.6 Å². The van der Waals surface area contributed by atoms with Crippen LogP contribution in [0.25, 0.3) is 0 Å². The number of amides is 2. The van der Waals surface area contributed by atoms with Crippen molar-refractivity contribution in [1.29, 1.82) is 0 Å². The third-order valence-electron chi connectivity index (χ3n) is 7.98. The lowest BCUT2D eigenvalue weighted by molar-refractivity contribution is -0.154. The van der Waals surface area contributed by atoms with Crippen molar-refractivity contribution >= 4 is 40.9 Å². The van der Waals surface area contributed by atoms with Crippen LogP contribution in [0.3, 0.4) is 0 Å². The number of hydrogen-bond donors (Lipinski definition) is 2. The maximum absolute atomic E-state index is 13.3. The summed E-state index contributed by atoms with van der Waals surface area (Å²) in [6.45, 7) is 1.39. The number of carbonyl (C=O) groups is 3. The Labute approximate surface area is 197 Å². The van der Waals surface area contributed by atoms with Gasteiger partial charge in [0.15, 0.2) is 0 Å². The van der Waals surface area contributed by atoms with Gasteiger partial charge in [0.05, 0.1) is 24.0 Å². The SMILES string of the molecule is COc1ccc([C@H]2c3sc(=O)[nH]c3S[C@@H]3[C@@H]4C[C@@H]([C@H]5C(=O)N([C@H](C)C(=O)O)C(=O)[C@@H]45)[C@H]23)cc1. The lowest BCUT2D eigenvalue weighted by Crippen LogP contribution is -2.44. The summed E-state index contributed by atoms with van der Waals surface area (Å²) in [7, 11) is 1.61. The maximum Gasteiger partial charge on any atom is 0.326 e. The first-order valence-electron chi connectivity index (χ1n) is 10.9. The molecular formula is C23H22N2O6S2. The number of fused-ring (bicyclic) bond motifs is 9. The number of aromatic amines is 1. The van der Waals surface area contributed by atoms with Crippen molar-refractivity contribution in [3.8, 4) is 5.75 Å². The molecule has 3 heterocycles. The minimum Gasteiger partial charge on any atom is -0.497 e. The molecule has 0 spiro atoms. The van der Waals surface area contributed by atoms with Crippen LogP contribution in [0.15, 0.2) is 34.1 Å². The fourth-order valence-electron chi connectivity index (χ4n) is 6.72. The highest BCUT2D eigenvalue weighted by atomic mass is 32.2. The van der Waals surface area contributed by atoms with Gasteiger partial charge in [0.1, 0.15) is 11.8 Å². The number of likely N-dealkylation sites (tertiary alicyclic amines) is 1. The molecule has 2 aliphatic heterocycles. The highest BCUT2D eigenvalue weighted by molar-refractivity contribution is 8.00. The predicted octanol–water partition coefficient (Wildman–Crippen LogP) is 2.39. The summed E-state index contributed by atoms with van der Waals surface area (Å²) < 4.78 is 5.31. The fourth-order valence-corrected chi connectivity index (χ4v) is 9.61. The third kappa shape index (κ3) is 2.76. The molecule has 2 aliphatic carbocycles. The van der Waals surface area contributed by atoms with Crippen molar-refractivity contribution in [2.45, 2.75) is 35.6 Å². The molecule has 0 unspecified atom stereocenters. The second-order valence-electron chi connectivity index (χ2n) is 9.29. The van der Waals surface area contributed by atoms with E-state index >= 15 is 0 Å². The molecule has 1 aromatic carbocycles. The van der Waals surface area contributed by atoms with Crippen molar-refractivity contribution in [1.82, 2.24) is 9.88 Å². The first-order chi connectivity index (χ1) is 15.8. The minimum atomic E-state index is -1.17. The van der Waals surface area contributed by atoms with Crippen LogP contribution in [-0.2, 0) is 14.4 Å². The van der Waals surface area contributed by atoms with Crippen LogP contribution in [0.4, 0.5) is 0 Å². The van der Waals surface area contributed by atoms with Crippen molar-refractivity contribution < 1.29 is 24.2 Å². The van der Waals surface area contributed by atoms with Crippen LogP contribution in [0, 0.1) is 29.6 Å². The Morgan fingerprint density at radius 1 is 1.15 bits per heavy atom. The molecule has 8 atom stereocenters. The van der Waals surface area contributed by atoms with Crippen molar-refractivity contribution in [2.75, 3.05) is 7.11 Å². The molecule has 4 aliphatic rings. The quantitative estimate of drug-likeness (QED) is 0.638. The van der Waals surface area contributed by atoms with Crippen LogP contribution in [-0.4, -0.2) is 51.2 Å². The summed E-state index contributed by atoms with van der Waals surface area (Å²) >= 11 is 2.83. The van der Waals surface area contributed by atoms with Gasteiger partial charge in [-0.2, -0.15) is 0 Å². The number of carbonyl (C=O) groups excluding carboxylic acids is 2. The number of thioether (sulfide) groups is 1. The molecule has 10 heteroatoms. The molecule has 1 saturated heterocycles. The van der Waals surface area contributed by atoms with E-state index in [4.69, 9.17) is 4.74 Å². The van der Waals surface area contributed by atoms with Gasteiger partial charge in [-0.15, -0.1) is 11.8 Å². The normalized spacial score (nSPS) is 34.7. The van der Waals surface area contributed by atoms with Gasteiger partial charge in [-0.1, -0.05) is 23.5 Å². The number of benzene rings is 1. The molecular weight excluding hydrogens is 464 g/mol. The second kappa shape index (κ2) is 7.20. The summed E-state index contributed by atoms with van der Waals surface area (Å²) in [5, 5.41) is 10.4. The molecule has 172 valence electrons. The smallest absolute Gasteiger partial charge is 0.326 e. The highest BCUT2D eigenvalue weighted by Crippen LogP contribution is 2.68. The van der Waals surface area contributed by atoms with Crippen LogP contribution in [0.1, 0.15) is 29.7 Å². The van der Waals surface area contributed by atoms with Gasteiger partial charge < -0.3 is 14.8 Å². The largest absolute Gasteiger partial charge is 0.497 e. The Hall–Kier alpha value is -2.59. The minimum absolute atomic E-state index is 0.0188. The summed E-state index contributed by atoms with van der Waals surface area (Å²) in [4.78, 5) is 55.3. The maximum atomic E-state index is 13.3. The topological polar surface area (TPSA) is 117 Å². The molecule has 2 N–H and O–H groups in total. The number of thiazole rings is 1. The van der Waals surface area contributed by atoms with E-state index in [2.05, 4.69) is 4.98 Å². The van der Waals surface area contributed by atoms with E-state index in [0.29, 0.717) is 0 Å². The number of aliphatic carboxylic acids is 1. The van der Waals surface area contributed by atoms with E-state index < -0.39 is 23.8 Å². The lowest BCUT2D eigenvalue weighted by atomic mass is 9.68. The predicted molar refractivity (Wildman–Crippen MR) is 120 cm³/mol. The summed E-state index contributed by atoms with van der Waals surface area (Å²) in [6.07, 6.45) is 0.774. The second-order valence-corrected chi connectivity index (χ2v) is 11.5. The fraction of sp³-hybridized carbons (Fsp3) is 0.478. The van der Waals surface area contributed by atoms with Crippen molar-refractivity contribution in [3.05, 3.63) is 44.4 Å². The Kier molecular flexibility index (Phi) is 4.58. The van der Waals surface area contributed by atoms with Gasteiger partial charge in [-0.05, 0) is 48.8 Å². The summed E-state index contributed by atoms with van der Waals surface area (Å²) in [6, 6.07) is 6.65. The Morgan fingerprint density at radius 2 is 1.82 bits per heavy atom. The van der Waals surface area contributed by atoms with Gasteiger partial charge in [0.25, 0.3) is 0 Å². The van der Waals surface area contributed by atoms with Crippen LogP contribution in [0.2, 0.25) is 0 Å². The molecule has 33 heavy (non-hydrogen) atoms. The first-order valence-corrected chi connectivity index (χ1v) is 12.6. The number of nitrogens with one attached hydrogen (secondary N) is 1. The first kappa shape index (κ1) is 21.0. The molecule has 2 bridgehead atoms. The van der Waals surface area contributed by atoms with Gasteiger partial charge in [-0.25, -0.2) is 4.79 Å². The third-order valence-corrected chi connectivity index (χ3v) is 10.6. The van der Waals surface area contributed by atoms with E-state index in [1.54, 1.807) is 18.9 Å². The van der Waals surface area contributed by atoms with Gasteiger partial charge in [0.2, 0.25) is 11.8 Å². The zero-order valence-corrected chi connectivity index (χ0v) is 19.5. The molecule has 2 amide bonds. The van der Waals surface area contributed by atoms with Gasteiger partial charge in [0, 0.05) is 16.0 Å². The molecule has 2 aromatic rings. The molecule has 3 fully saturated rings. The average Bonchev–Trinajstić information content (AvgIpc) is 3.52. The molecule has 8 nitrogen and oxygen atoms in total. The molecule has 0 radical (unpaired) electrons. The lowest BCUT2D eigenvalue weighted by Gasteiger charge is -2.43. The number of imide groups is 1. The van der Waals surface area contributed by atoms with Gasteiger partial charge in [-0.3, -0.25) is 19.3 Å². The molecule has 2 saturated carbocycles. The monoisotopic (exact) mass is 486 g/mol. The standard InChI is InChI=1S/C23H22N2O6S2/c1-8(22(28)29)25-20(26)15-11-7-12(16(15)21(25)27)17-14(11)13(9-3-5-10(31-2)6-4-9)18-19(32-17)24-23(30)33-18/h3-6,8,11-17H,7H2,1-2H3,(H,24,30)(H,28,29)/t8-,11-,12-,13-,14-,15-,16+,17-/m1/s1. The van der Waals surface area contributed by atoms with E-state index in [-0.39, 0.29) is 45.6 Å². The van der Waals surface area contributed by atoms with Crippen molar-refractivity contribution in [3.63, 3.8) is 0 Å². The van der Waals surface area contributed by atoms with E-state index in [1.807, 2.05) is 24.3 Å². The number of H-pyrrole nitrogens is 1. The number of methoxy groups -OCH3 is 1. The van der Waals surface area contributed by atoms with E-state index in [0.717, 1.165) is 32.5 Å². The van der Waals surface area contributed by atoms with E-state index in [1.165, 1.54) is 18.3 Å². The Morgan fingerprint density at radius 3 is 2.45 bits per heavy atom. The Bertz CT molecular complexity index is 1240. The highest BCUT2D eigenvalue weighted by Gasteiger charge is 2.70. The van der Waals surface area contributed by atoms with Crippen LogP contribution in [0.5, 0.6) is 5.75 Å². The van der Waals surface area contributed by atoms with Gasteiger partial charge >= 0.3 is 10.8 Å². The number of carboxylic acid groups (broad SMARTS) is 1. The average molecular weight is 487 g/mol. The van der Waals surface area contributed by atoms with Crippen LogP contribution >= 0.6 is 23.1 Å². The number of rotatable bonds is 4. The zero-order valence-electron chi connectivity index (χ0n) is 17.9. The summed E-state index contributed by atoms with van der Waals surface area (Å²) in [5.41, 5.74) is 1.05. The van der Waals surface area contributed by atoms with E-state index in [9.17, 15) is 24.3 Å². The summed E-state index contributed by atoms with van der Waals surface area (Å²) in [5.74, 6) is -2.11. The number of aromatic nitrogens is 1. The zero-order chi connectivity index (χ0) is 23.2. The van der Waals surface area contributed by atoms with Crippen LogP contribution < -0.4 is 9.61 Å². The molecule has 6 rings (SSSR count). The number of nitrogens with zero attached hydrogens (tertiary/aromatic N) is 1. The number of ether oxygens (including phenoxy) is 1. The number of hydrogen-bond acceptors (Lipinski definition) is 7.